The molecule has 0 fully saturated rings. The fraction of sp³-hybridized carbons (Fsp3) is 0.385. The van der Waals surface area contributed by atoms with Gasteiger partial charge < -0.3 is 10.1 Å². The lowest BCUT2D eigenvalue weighted by atomic mass is 10.2. The molecule has 1 N–H and O–H groups in total. The van der Waals surface area contributed by atoms with Crippen molar-refractivity contribution < 1.29 is 13.2 Å². The first kappa shape index (κ1) is 16.0. The first-order valence-electron chi connectivity index (χ1n) is 6.16. The third-order valence-electron chi connectivity index (χ3n) is 2.86. The summed E-state index contributed by atoms with van der Waals surface area (Å²) in [6.45, 7) is 3.04. The summed E-state index contributed by atoms with van der Waals surface area (Å²) >= 11 is 6.92. The van der Waals surface area contributed by atoms with E-state index in [2.05, 4.69) is 37.2 Å². The molecule has 0 saturated carbocycles. The Bertz CT molecular complexity index is 629. The summed E-state index contributed by atoms with van der Waals surface area (Å²) in [7, 11) is -3.03. The molecule has 4 nitrogen and oxygen atoms in total. The van der Waals surface area contributed by atoms with Gasteiger partial charge in [-0.1, -0.05) is 22.0 Å². The van der Waals surface area contributed by atoms with Crippen LogP contribution in [0.1, 0.15) is 12.5 Å². The molecule has 0 aliphatic carbocycles. The van der Waals surface area contributed by atoms with Crippen molar-refractivity contribution in [1.82, 2.24) is 5.32 Å². The van der Waals surface area contributed by atoms with E-state index in [0.29, 0.717) is 13.2 Å². The van der Waals surface area contributed by atoms with Gasteiger partial charge in [0, 0.05) is 28.0 Å². The minimum Gasteiger partial charge on any atom is -0.492 e. The van der Waals surface area contributed by atoms with Crippen LogP contribution in [-0.4, -0.2) is 26.8 Å². The molecule has 0 saturated heterocycles. The van der Waals surface area contributed by atoms with Crippen molar-refractivity contribution in [3.8, 4) is 5.75 Å². The van der Waals surface area contributed by atoms with Gasteiger partial charge in [0.1, 0.15) is 5.75 Å². The van der Waals surface area contributed by atoms with E-state index in [1.807, 2.05) is 19.1 Å². The summed E-state index contributed by atoms with van der Waals surface area (Å²) in [5.74, 6) is 0.902. The van der Waals surface area contributed by atoms with Crippen molar-refractivity contribution in [2.45, 2.75) is 19.5 Å². The van der Waals surface area contributed by atoms with Gasteiger partial charge in [-0.3, -0.25) is 0 Å². The van der Waals surface area contributed by atoms with Crippen LogP contribution in [0.5, 0.6) is 5.75 Å². The largest absolute Gasteiger partial charge is 0.492 e. The fourth-order valence-corrected chi connectivity index (χ4v) is 4.69. The first-order valence-corrected chi connectivity index (χ1v) is 9.46. The molecule has 0 bridgehead atoms. The summed E-state index contributed by atoms with van der Waals surface area (Å²) in [6, 6.07) is 3.75. The molecular weight excluding hydrogens is 410 g/mol. The number of ether oxygens (including phenoxy) is 1. The Hall–Kier alpha value is -0.370. The summed E-state index contributed by atoms with van der Waals surface area (Å²) in [6.07, 6.45) is 1.68. The van der Waals surface area contributed by atoms with Gasteiger partial charge in [0.2, 0.25) is 0 Å². The predicted molar refractivity (Wildman–Crippen MR) is 86.6 cm³/mol. The Balaban J connectivity index is 2.11. The molecule has 0 spiro atoms. The van der Waals surface area contributed by atoms with E-state index < -0.39 is 9.84 Å². The minimum absolute atomic E-state index is 0.117. The Morgan fingerprint density at radius 3 is 2.75 bits per heavy atom. The smallest absolute Gasteiger partial charge is 0.173 e. The summed E-state index contributed by atoms with van der Waals surface area (Å²) in [5, 5.41) is 4.49. The lowest BCUT2D eigenvalue weighted by Gasteiger charge is -2.15. The number of halogens is 2. The van der Waals surface area contributed by atoms with Gasteiger partial charge in [0.15, 0.2) is 9.84 Å². The van der Waals surface area contributed by atoms with Crippen molar-refractivity contribution in [3.63, 3.8) is 0 Å². The number of sulfone groups is 1. The third kappa shape index (κ3) is 4.07. The molecule has 0 radical (unpaired) electrons. The van der Waals surface area contributed by atoms with Gasteiger partial charge in [0.05, 0.1) is 16.8 Å². The highest BCUT2D eigenvalue weighted by atomic mass is 79.9. The molecule has 1 aliphatic heterocycles. The van der Waals surface area contributed by atoms with Crippen LogP contribution in [0.3, 0.4) is 0 Å². The molecule has 1 aliphatic rings. The second-order valence-corrected chi connectivity index (χ2v) is 8.16. The minimum atomic E-state index is -3.03. The van der Waals surface area contributed by atoms with Crippen molar-refractivity contribution in [2.24, 2.45) is 0 Å². The molecule has 7 heteroatoms. The van der Waals surface area contributed by atoms with E-state index in [1.54, 1.807) is 6.08 Å². The summed E-state index contributed by atoms with van der Waals surface area (Å²) in [4.78, 5) is 0. The van der Waals surface area contributed by atoms with E-state index in [-0.39, 0.29) is 11.8 Å². The highest BCUT2D eigenvalue weighted by molar-refractivity contribution is 9.11. The Morgan fingerprint density at radius 2 is 2.15 bits per heavy atom. The molecule has 2 rings (SSSR count). The normalized spacial score (nSPS) is 20.2. The van der Waals surface area contributed by atoms with Crippen LogP contribution >= 0.6 is 31.9 Å². The zero-order chi connectivity index (χ0) is 14.8. The van der Waals surface area contributed by atoms with Crippen LogP contribution in [0.15, 0.2) is 32.6 Å². The van der Waals surface area contributed by atoms with Crippen LogP contribution in [0, 0.1) is 0 Å². The van der Waals surface area contributed by atoms with Crippen LogP contribution in [0.4, 0.5) is 0 Å². The van der Waals surface area contributed by atoms with Crippen molar-refractivity contribution >= 4 is 41.7 Å². The van der Waals surface area contributed by atoms with Gasteiger partial charge in [-0.15, -0.1) is 0 Å². The van der Waals surface area contributed by atoms with Gasteiger partial charge >= 0.3 is 0 Å². The number of hydrogen-bond donors (Lipinski definition) is 1. The number of nitrogens with one attached hydrogen (secondary N) is 1. The van der Waals surface area contributed by atoms with Gasteiger partial charge in [0.25, 0.3) is 0 Å². The average molecular weight is 425 g/mol. The number of benzene rings is 1. The predicted octanol–water partition coefficient (Wildman–Crippen LogP) is 3.01. The van der Waals surface area contributed by atoms with E-state index in [0.717, 1.165) is 20.3 Å². The molecule has 1 heterocycles. The molecule has 0 amide bonds. The summed E-state index contributed by atoms with van der Waals surface area (Å²) in [5.41, 5.74) is 0.978. The second kappa shape index (κ2) is 6.60. The first-order chi connectivity index (χ1) is 9.41. The number of rotatable bonds is 5. The summed E-state index contributed by atoms with van der Waals surface area (Å²) < 4.78 is 30.2. The van der Waals surface area contributed by atoms with Crippen molar-refractivity contribution in [1.29, 1.82) is 0 Å². The van der Waals surface area contributed by atoms with Gasteiger partial charge in [-0.25, -0.2) is 8.42 Å². The maximum absolute atomic E-state index is 11.4. The van der Waals surface area contributed by atoms with Crippen LogP contribution in [-0.2, 0) is 16.4 Å². The lowest BCUT2D eigenvalue weighted by Crippen LogP contribution is -2.29. The zero-order valence-corrected chi connectivity index (χ0v) is 14.9. The molecule has 1 unspecified atom stereocenters. The maximum atomic E-state index is 11.4. The highest BCUT2D eigenvalue weighted by Crippen LogP contribution is 2.33. The molecule has 1 aromatic carbocycles. The monoisotopic (exact) mass is 423 g/mol. The third-order valence-corrected chi connectivity index (χ3v) is 5.30. The molecular formula is C13H15Br2NO3S. The maximum Gasteiger partial charge on any atom is 0.173 e. The number of hydrogen-bond acceptors (Lipinski definition) is 4. The second-order valence-electron chi connectivity index (χ2n) is 4.45. The van der Waals surface area contributed by atoms with Crippen LogP contribution in [0.25, 0.3) is 0 Å². The van der Waals surface area contributed by atoms with E-state index in [4.69, 9.17) is 4.74 Å². The Kier molecular flexibility index (Phi) is 5.28. The standard InChI is InChI=1S/C13H15Br2NO3S/c1-2-19-13-9(5-10(14)6-12(13)15)7-16-11-3-4-20(17,18)8-11/h3-6,11,16H,2,7-8H2,1H3. The topological polar surface area (TPSA) is 55.4 Å². The van der Waals surface area contributed by atoms with E-state index >= 15 is 0 Å². The Labute approximate surface area is 135 Å². The molecule has 110 valence electrons. The van der Waals surface area contributed by atoms with Gasteiger partial charge in [-0.05, 0) is 35.0 Å². The average Bonchev–Trinajstić information content (AvgIpc) is 2.70. The highest BCUT2D eigenvalue weighted by Gasteiger charge is 2.21. The van der Waals surface area contributed by atoms with Crippen molar-refractivity contribution in [3.05, 3.63) is 38.1 Å². The molecule has 1 atom stereocenters. The molecule has 1 aromatic rings. The SMILES string of the molecule is CCOc1c(Br)cc(Br)cc1CNC1C=CS(=O)(=O)C1. The van der Waals surface area contributed by atoms with Gasteiger partial charge in [-0.2, -0.15) is 0 Å². The van der Waals surface area contributed by atoms with Crippen LogP contribution < -0.4 is 10.1 Å². The quantitative estimate of drug-likeness (QED) is 0.789. The lowest BCUT2D eigenvalue weighted by molar-refractivity contribution is 0.333. The van der Waals surface area contributed by atoms with Crippen LogP contribution in [0.2, 0.25) is 0 Å². The van der Waals surface area contributed by atoms with E-state index in [1.165, 1.54) is 5.41 Å². The zero-order valence-electron chi connectivity index (χ0n) is 10.9. The Morgan fingerprint density at radius 1 is 1.40 bits per heavy atom. The van der Waals surface area contributed by atoms with Crippen molar-refractivity contribution in [2.75, 3.05) is 12.4 Å². The fourth-order valence-electron chi connectivity index (χ4n) is 1.99. The van der Waals surface area contributed by atoms with E-state index in [9.17, 15) is 8.42 Å². The molecule has 20 heavy (non-hydrogen) atoms. The molecule has 0 aromatic heterocycles.